The highest BCUT2D eigenvalue weighted by Crippen LogP contribution is 2.39. The Kier molecular flexibility index (Phi) is 6.70. The molecule has 3 N–H and O–H groups in total. The van der Waals surface area contributed by atoms with Crippen LogP contribution in [0.1, 0.15) is 35.9 Å². The van der Waals surface area contributed by atoms with Gasteiger partial charge >= 0.3 is 5.51 Å². The van der Waals surface area contributed by atoms with Crippen LogP contribution in [0.2, 0.25) is 0 Å². The molecule has 0 aliphatic heterocycles. The average molecular weight is 418 g/mol. The molecule has 2 aromatic rings. The number of anilines is 1. The fourth-order valence-corrected chi connectivity index (χ4v) is 3.00. The van der Waals surface area contributed by atoms with Crippen molar-refractivity contribution in [3.8, 4) is 0 Å². The number of carbonyl (C=O) groups excluding carboxylic acids is 1. The Morgan fingerprint density at radius 2 is 1.93 bits per heavy atom. The molecule has 0 saturated heterocycles. The third-order valence-electron chi connectivity index (χ3n) is 3.71. The molecule has 152 valence electrons. The Morgan fingerprint density at radius 3 is 2.46 bits per heavy atom. The van der Waals surface area contributed by atoms with Crippen LogP contribution >= 0.6 is 11.8 Å². The molecule has 6 nitrogen and oxygen atoms in total. The number of amides is 1. The molecule has 0 spiro atoms. The Bertz CT molecular complexity index is 915. The molecule has 11 heteroatoms. The van der Waals surface area contributed by atoms with Crippen LogP contribution in [0.15, 0.2) is 34.0 Å². The molecule has 0 fully saturated rings. The van der Waals surface area contributed by atoms with E-state index in [0.717, 1.165) is 18.2 Å². The van der Waals surface area contributed by atoms with Crippen LogP contribution in [-0.4, -0.2) is 28.4 Å². The van der Waals surface area contributed by atoms with E-state index in [2.05, 4.69) is 20.6 Å². The molecule has 1 aromatic carbocycles. The van der Waals surface area contributed by atoms with Crippen molar-refractivity contribution in [3.05, 3.63) is 51.7 Å². The predicted molar refractivity (Wildman–Crippen MR) is 97.8 cm³/mol. The molecule has 28 heavy (non-hydrogen) atoms. The normalized spacial score (nSPS) is 12.7. The minimum Gasteiger partial charge on any atom is -0.359 e. The predicted octanol–water partition coefficient (Wildman–Crippen LogP) is 3.69. The van der Waals surface area contributed by atoms with Crippen molar-refractivity contribution in [1.82, 2.24) is 15.3 Å². The summed E-state index contributed by atoms with van der Waals surface area (Å²) in [7, 11) is 1.51. The standard InChI is InChI=1S/C17H18F4N4O2S/c1-8(2)14(9-4-5-12(10(18)6-9)28-17(19,20)21)25-15(27)11-7-13(26)24-16(22-3)23-11/h4-8,14H,1-3H3,(H,25,27)(H2,22,23,24,26)/t14-/m1/s1. The van der Waals surface area contributed by atoms with E-state index in [1.165, 1.54) is 13.1 Å². The largest absolute Gasteiger partial charge is 0.446 e. The first-order valence-corrected chi connectivity index (χ1v) is 8.97. The molecule has 1 atom stereocenters. The van der Waals surface area contributed by atoms with Crippen molar-refractivity contribution in [2.75, 3.05) is 12.4 Å². The quantitative estimate of drug-likeness (QED) is 0.492. The van der Waals surface area contributed by atoms with Crippen LogP contribution < -0.4 is 16.2 Å². The Balaban J connectivity index is 2.29. The molecule has 1 heterocycles. The van der Waals surface area contributed by atoms with Crippen molar-refractivity contribution < 1.29 is 22.4 Å². The van der Waals surface area contributed by atoms with Crippen LogP contribution in [0, 0.1) is 11.7 Å². The van der Waals surface area contributed by atoms with Gasteiger partial charge in [0.25, 0.3) is 11.5 Å². The molecule has 0 saturated carbocycles. The fraction of sp³-hybridized carbons (Fsp3) is 0.353. The van der Waals surface area contributed by atoms with E-state index in [9.17, 15) is 27.2 Å². The van der Waals surface area contributed by atoms with Crippen LogP contribution in [-0.2, 0) is 0 Å². The lowest BCUT2D eigenvalue weighted by molar-refractivity contribution is -0.0329. The summed E-state index contributed by atoms with van der Waals surface area (Å²) in [4.78, 5) is 29.9. The number of carbonyl (C=O) groups is 1. The number of H-pyrrole nitrogens is 1. The number of hydrogen-bond donors (Lipinski definition) is 3. The third kappa shape index (κ3) is 5.72. The maximum atomic E-state index is 14.1. The first kappa shape index (κ1) is 21.7. The summed E-state index contributed by atoms with van der Waals surface area (Å²) in [6, 6.07) is 3.62. The molecular weight excluding hydrogens is 400 g/mol. The zero-order valence-electron chi connectivity index (χ0n) is 15.1. The van der Waals surface area contributed by atoms with E-state index in [1.54, 1.807) is 13.8 Å². The van der Waals surface area contributed by atoms with Gasteiger partial charge in [-0.15, -0.1) is 0 Å². The van der Waals surface area contributed by atoms with E-state index in [1.807, 2.05) is 0 Å². The molecule has 0 radical (unpaired) electrons. The van der Waals surface area contributed by atoms with Gasteiger partial charge in [0.2, 0.25) is 5.95 Å². The number of aromatic nitrogens is 2. The van der Waals surface area contributed by atoms with Gasteiger partial charge in [-0.05, 0) is 35.4 Å². The SMILES string of the molecule is CNc1nc(C(=O)N[C@@H](c2ccc(SC(F)(F)F)c(F)c2)C(C)C)cc(=O)[nH]1. The minimum atomic E-state index is -4.61. The van der Waals surface area contributed by atoms with Crippen molar-refractivity contribution >= 4 is 23.6 Å². The maximum Gasteiger partial charge on any atom is 0.446 e. The van der Waals surface area contributed by atoms with E-state index in [0.29, 0.717) is 5.56 Å². The van der Waals surface area contributed by atoms with Crippen molar-refractivity contribution in [1.29, 1.82) is 0 Å². The smallest absolute Gasteiger partial charge is 0.359 e. The molecular formula is C17H18F4N4O2S. The lowest BCUT2D eigenvalue weighted by Gasteiger charge is -2.23. The van der Waals surface area contributed by atoms with E-state index >= 15 is 0 Å². The zero-order valence-corrected chi connectivity index (χ0v) is 16.0. The fourth-order valence-electron chi connectivity index (χ4n) is 2.46. The number of nitrogens with one attached hydrogen (secondary N) is 3. The van der Waals surface area contributed by atoms with E-state index in [4.69, 9.17) is 0 Å². The number of halogens is 4. The number of thioether (sulfide) groups is 1. The minimum absolute atomic E-state index is 0.0957. The van der Waals surface area contributed by atoms with Crippen LogP contribution in [0.25, 0.3) is 0 Å². The van der Waals surface area contributed by atoms with Gasteiger partial charge in [-0.1, -0.05) is 19.9 Å². The highest BCUT2D eigenvalue weighted by molar-refractivity contribution is 8.00. The van der Waals surface area contributed by atoms with Gasteiger partial charge < -0.3 is 10.6 Å². The summed E-state index contributed by atoms with van der Waals surface area (Å²) in [6.45, 7) is 3.51. The molecule has 0 aliphatic carbocycles. The average Bonchev–Trinajstić information content (AvgIpc) is 2.59. The number of nitrogens with zero attached hydrogens (tertiary/aromatic N) is 1. The summed E-state index contributed by atoms with van der Waals surface area (Å²) in [5.74, 6) is -1.82. The van der Waals surface area contributed by atoms with Crippen LogP contribution in [0.4, 0.5) is 23.5 Å². The second kappa shape index (κ2) is 8.63. The van der Waals surface area contributed by atoms with Gasteiger partial charge in [0, 0.05) is 13.1 Å². The van der Waals surface area contributed by atoms with Gasteiger partial charge in [-0.2, -0.15) is 13.2 Å². The number of rotatable bonds is 6. The molecule has 0 bridgehead atoms. The van der Waals surface area contributed by atoms with Gasteiger partial charge in [0.15, 0.2) is 0 Å². The number of benzene rings is 1. The first-order valence-electron chi connectivity index (χ1n) is 8.15. The second-order valence-corrected chi connectivity index (χ2v) is 7.27. The van der Waals surface area contributed by atoms with Gasteiger partial charge in [-0.25, -0.2) is 9.37 Å². The second-order valence-electron chi connectivity index (χ2n) is 6.16. The van der Waals surface area contributed by atoms with E-state index in [-0.39, 0.29) is 17.6 Å². The van der Waals surface area contributed by atoms with Crippen molar-refractivity contribution in [2.45, 2.75) is 30.3 Å². The Hall–Kier alpha value is -2.56. The summed E-state index contributed by atoms with van der Waals surface area (Å²) in [5, 5.41) is 5.26. The topological polar surface area (TPSA) is 86.9 Å². The lowest BCUT2D eigenvalue weighted by atomic mass is 9.95. The van der Waals surface area contributed by atoms with Gasteiger partial charge in [0.05, 0.1) is 10.9 Å². The summed E-state index contributed by atoms with van der Waals surface area (Å²) < 4.78 is 51.5. The number of alkyl halides is 3. The number of hydrogen-bond acceptors (Lipinski definition) is 5. The van der Waals surface area contributed by atoms with E-state index < -0.39 is 45.5 Å². The first-order chi connectivity index (χ1) is 13.0. The van der Waals surface area contributed by atoms with Crippen molar-refractivity contribution in [2.24, 2.45) is 5.92 Å². The lowest BCUT2D eigenvalue weighted by Crippen LogP contribution is -2.33. The maximum absolute atomic E-state index is 14.1. The monoisotopic (exact) mass is 418 g/mol. The molecule has 0 aliphatic rings. The van der Waals surface area contributed by atoms with Gasteiger partial charge in [-0.3, -0.25) is 14.6 Å². The van der Waals surface area contributed by atoms with Crippen LogP contribution in [0.5, 0.6) is 0 Å². The van der Waals surface area contributed by atoms with Crippen LogP contribution in [0.3, 0.4) is 0 Å². The number of aromatic amines is 1. The highest BCUT2D eigenvalue weighted by atomic mass is 32.2. The summed E-state index contributed by atoms with van der Waals surface area (Å²) >= 11 is -0.545. The third-order valence-corrected chi connectivity index (χ3v) is 4.49. The summed E-state index contributed by atoms with van der Waals surface area (Å²) in [5.41, 5.74) is -5.00. The van der Waals surface area contributed by atoms with Gasteiger partial charge in [0.1, 0.15) is 11.5 Å². The van der Waals surface area contributed by atoms with Crippen molar-refractivity contribution in [3.63, 3.8) is 0 Å². The Morgan fingerprint density at radius 1 is 1.25 bits per heavy atom. The molecule has 1 amide bonds. The Labute approximate surface area is 162 Å². The highest BCUT2D eigenvalue weighted by Gasteiger charge is 2.31. The molecule has 2 rings (SSSR count). The zero-order chi connectivity index (χ0) is 21.1. The summed E-state index contributed by atoms with van der Waals surface area (Å²) in [6.07, 6.45) is 0. The molecule has 1 aromatic heterocycles. The molecule has 0 unspecified atom stereocenters.